The second-order valence-corrected chi connectivity index (χ2v) is 2.58. The van der Waals surface area contributed by atoms with Crippen LogP contribution in [0.5, 0.6) is 0 Å². The van der Waals surface area contributed by atoms with E-state index in [1.54, 1.807) is 0 Å². The van der Waals surface area contributed by atoms with E-state index in [4.69, 9.17) is 10.8 Å². The first kappa shape index (κ1) is 10.9. The van der Waals surface area contributed by atoms with Gasteiger partial charge in [0.1, 0.15) is 0 Å². The second kappa shape index (κ2) is 5.54. The van der Waals surface area contributed by atoms with Gasteiger partial charge in [-0.25, -0.2) is 0 Å². The fourth-order valence-electron chi connectivity index (χ4n) is 0.649. The molecule has 0 heterocycles. The van der Waals surface area contributed by atoms with Gasteiger partial charge < -0.3 is 16.2 Å². The summed E-state index contributed by atoms with van der Waals surface area (Å²) in [5.41, 5.74) is 5.14. The third-order valence-electron chi connectivity index (χ3n) is 1.38. The Morgan fingerprint density at radius 1 is 1.58 bits per heavy atom. The maximum Gasteiger partial charge on any atom is 0.306 e. The van der Waals surface area contributed by atoms with Crippen LogP contribution in [0.3, 0.4) is 0 Å². The van der Waals surface area contributed by atoms with E-state index < -0.39 is 11.9 Å². The van der Waals surface area contributed by atoms with Crippen LogP contribution in [0.25, 0.3) is 0 Å². The minimum absolute atomic E-state index is 0.00926. The number of amides is 1. The van der Waals surface area contributed by atoms with Gasteiger partial charge in [-0.15, -0.1) is 0 Å². The highest BCUT2D eigenvalue weighted by Crippen LogP contribution is 2.00. The lowest BCUT2D eigenvalue weighted by atomic mass is 10.1. The number of aliphatic carboxylic acids is 1. The molecule has 0 fully saturated rings. The predicted octanol–water partition coefficient (Wildman–Crippen LogP) is -0.828. The number of hydrogen-bond donors (Lipinski definition) is 3. The van der Waals surface area contributed by atoms with Gasteiger partial charge >= 0.3 is 5.97 Å². The molecule has 0 aliphatic carbocycles. The van der Waals surface area contributed by atoms with Gasteiger partial charge in [0.05, 0.1) is 5.92 Å². The van der Waals surface area contributed by atoms with Gasteiger partial charge in [0.2, 0.25) is 5.91 Å². The zero-order valence-corrected chi connectivity index (χ0v) is 7.04. The zero-order chi connectivity index (χ0) is 9.56. The molecule has 1 unspecified atom stereocenters. The van der Waals surface area contributed by atoms with Crippen molar-refractivity contribution in [3.8, 4) is 0 Å². The van der Waals surface area contributed by atoms with Crippen molar-refractivity contribution in [1.29, 1.82) is 0 Å². The number of hydrogen-bond acceptors (Lipinski definition) is 3. The highest BCUT2D eigenvalue weighted by molar-refractivity contribution is 5.81. The van der Waals surface area contributed by atoms with Gasteiger partial charge in [0, 0.05) is 19.5 Å². The summed E-state index contributed by atoms with van der Waals surface area (Å²) in [6.07, 6.45) is 0.00926. The first-order valence-corrected chi connectivity index (χ1v) is 3.77. The van der Waals surface area contributed by atoms with Gasteiger partial charge in [0.25, 0.3) is 0 Å². The van der Waals surface area contributed by atoms with E-state index in [0.29, 0.717) is 13.1 Å². The minimum Gasteiger partial charge on any atom is -0.481 e. The summed E-state index contributed by atoms with van der Waals surface area (Å²) in [5.74, 6) is -1.86. The molecule has 1 amide bonds. The molecule has 12 heavy (non-hydrogen) atoms. The van der Waals surface area contributed by atoms with E-state index in [9.17, 15) is 9.59 Å². The Morgan fingerprint density at radius 2 is 2.17 bits per heavy atom. The molecule has 0 saturated carbocycles. The Labute approximate surface area is 70.9 Å². The van der Waals surface area contributed by atoms with Crippen LogP contribution in [0.4, 0.5) is 0 Å². The molecule has 5 heteroatoms. The third-order valence-corrected chi connectivity index (χ3v) is 1.38. The average molecular weight is 174 g/mol. The molecule has 0 saturated heterocycles. The first-order valence-electron chi connectivity index (χ1n) is 3.77. The molecule has 4 N–H and O–H groups in total. The molecule has 0 aliphatic rings. The fraction of sp³-hybridized carbons (Fsp3) is 0.714. The number of carboxylic acid groups (broad SMARTS) is 1. The van der Waals surface area contributed by atoms with E-state index in [1.165, 1.54) is 6.92 Å². The highest BCUT2D eigenvalue weighted by Gasteiger charge is 2.14. The van der Waals surface area contributed by atoms with Crippen molar-refractivity contribution < 1.29 is 14.7 Å². The minimum atomic E-state index is -0.960. The van der Waals surface area contributed by atoms with Crippen LogP contribution in [0, 0.1) is 5.92 Å². The summed E-state index contributed by atoms with van der Waals surface area (Å²) in [5, 5.41) is 10.9. The number of carbonyl (C=O) groups is 2. The Balaban J connectivity index is 3.61. The Kier molecular flexibility index (Phi) is 5.03. The summed E-state index contributed by atoms with van der Waals surface area (Å²) in [7, 11) is 0. The van der Waals surface area contributed by atoms with Crippen molar-refractivity contribution in [2.75, 3.05) is 13.1 Å². The molecular weight excluding hydrogens is 160 g/mol. The van der Waals surface area contributed by atoms with E-state index in [1.807, 2.05) is 0 Å². The number of carboxylic acids is 1. The average Bonchev–Trinajstić information content (AvgIpc) is 2.00. The molecule has 0 aromatic rings. The Hall–Kier alpha value is -1.10. The largest absolute Gasteiger partial charge is 0.481 e. The van der Waals surface area contributed by atoms with Crippen LogP contribution >= 0.6 is 0 Å². The lowest BCUT2D eigenvalue weighted by molar-refractivity contribution is -0.143. The van der Waals surface area contributed by atoms with Crippen LogP contribution in [-0.2, 0) is 9.59 Å². The molecule has 0 spiro atoms. The quantitative estimate of drug-likeness (QED) is 0.507. The molecule has 0 aliphatic heterocycles. The van der Waals surface area contributed by atoms with Gasteiger partial charge in [0.15, 0.2) is 0 Å². The number of nitrogens with one attached hydrogen (secondary N) is 1. The van der Waals surface area contributed by atoms with Crippen LogP contribution in [-0.4, -0.2) is 30.1 Å². The number of nitrogens with two attached hydrogens (primary N) is 1. The van der Waals surface area contributed by atoms with Gasteiger partial charge in [-0.3, -0.25) is 9.59 Å². The smallest absolute Gasteiger partial charge is 0.306 e. The van der Waals surface area contributed by atoms with E-state index in [0.717, 1.165) is 0 Å². The van der Waals surface area contributed by atoms with Crippen LogP contribution < -0.4 is 11.1 Å². The molecule has 70 valence electrons. The van der Waals surface area contributed by atoms with E-state index in [-0.39, 0.29) is 12.3 Å². The van der Waals surface area contributed by atoms with Crippen molar-refractivity contribution in [2.24, 2.45) is 11.7 Å². The maximum atomic E-state index is 10.9. The molecule has 0 aromatic heterocycles. The molecule has 0 aromatic carbocycles. The Morgan fingerprint density at radius 3 is 2.58 bits per heavy atom. The SMILES string of the molecule is CC(CC(=O)NCCN)C(=O)O. The summed E-state index contributed by atoms with van der Waals surface area (Å²) in [4.78, 5) is 21.2. The second-order valence-electron chi connectivity index (χ2n) is 2.58. The molecule has 1 atom stereocenters. The summed E-state index contributed by atoms with van der Waals surface area (Å²) in [6, 6.07) is 0. The lowest BCUT2D eigenvalue weighted by Gasteiger charge is -2.05. The normalized spacial score (nSPS) is 12.2. The monoisotopic (exact) mass is 174 g/mol. The van der Waals surface area contributed by atoms with Gasteiger partial charge in [-0.1, -0.05) is 6.92 Å². The third kappa shape index (κ3) is 4.68. The van der Waals surface area contributed by atoms with Crippen molar-refractivity contribution in [2.45, 2.75) is 13.3 Å². The number of carbonyl (C=O) groups excluding carboxylic acids is 1. The van der Waals surface area contributed by atoms with Crippen molar-refractivity contribution in [3.63, 3.8) is 0 Å². The first-order chi connectivity index (χ1) is 5.57. The molecular formula is C7H14N2O3. The Bertz CT molecular complexity index is 170. The number of rotatable bonds is 5. The van der Waals surface area contributed by atoms with E-state index in [2.05, 4.69) is 5.32 Å². The molecule has 5 nitrogen and oxygen atoms in total. The van der Waals surface area contributed by atoms with E-state index >= 15 is 0 Å². The summed E-state index contributed by atoms with van der Waals surface area (Å²) < 4.78 is 0. The predicted molar refractivity (Wildman–Crippen MR) is 43.5 cm³/mol. The molecule has 0 bridgehead atoms. The lowest BCUT2D eigenvalue weighted by Crippen LogP contribution is -2.31. The molecule has 0 radical (unpaired) electrons. The van der Waals surface area contributed by atoms with Gasteiger partial charge in [-0.2, -0.15) is 0 Å². The van der Waals surface area contributed by atoms with Gasteiger partial charge in [-0.05, 0) is 0 Å². The highest BCUT2D eigenvalue weighted by atomic mass is 16.4. The zero-order valence-electron chi connectivity index (χ0n) is 7.04. The standard InChI is InChI=1S/C7H14N2O3/c1-5(7(11)12)4-6(10)9-3-2-8/h5H,2-4,8H2,1H3,(H,9,10)(H,11,12). The van der Waals surface area contributed by atoms with Crippen molar-refractivity contribution in [3.05, 3.63) is 0 Å². The van der Waals surface area contributed by atoms with Crippen LogP contribution in [0.2, 0.25) is 0 Å². The summed E-state index contributed by atoms with van der Waals surface area (Å²) in [6.45, 7) is 2.25. The molecule has 0 rings (SSSR count). The van der Waals surface area contributed by atoms with Crippen LogP contribution in [0.1, 0.15) is 13.3 Å². The fourth-order valence-corrected chi connectivity index (χ4v) is 0.649. The van der Waals surface area contributed by atoms with Crippen molar-refractivity contribution in [1.82, 2.24) is 5.32 Å². The summed E-state index contributed by atoms with van der Waals surface area (Å²) >= 11 is 0. The maximum absolute atomic E-state index is 10.9. The topological polar surface area (TPSA) is 92.4 Å². The van der Waals surface area contributed by atoms with Crippen molar-refractivity contribution >= 4 is 11.9 Å². The van der Waals surface area contributed by atoms with Crippen LogP contribution in [0.15, 0.2) is 0 Å².